The lowest BCUT2D eigenvalue weighted by Gasteiger charge is -2.17. The van der Waals surface area contributed by atoms with Gasteiger partial charge < -0.3 is 25.2 Å². The lowest BCUT2D eigenvalue weighted by atomic mass is 10.1. The minimum Gasteiger partial charge on any atom is -0.396 e. The van der Waals surface area contributed by atoms with Crippen molar-refractivity contribution >= 4 is 48.5 Å². The maximum absolute atomic E-state index is 11.6. The second kappa shape index (κ2) is 14.9. The number of carbonyl (C=O) groups excluding carboxylic acids is 1. The highest BCUT2D eigenvalue weighted by Crippen LogP contribution is 2.36. The number of hydrogen-bond acceptors (Lipinski definition) is 12. The van der Waals surface area contributed by atoms with Gasteiger partial charge in [0.25, 0.3) is 0 Å². The second-order valence-corrected chi connectivity index (χ2v) is 12.1. The minimum atomic E-state index is -4.85. The smallest absolute Gasteiger partial charge is 0.396 e. The van der Waals surface area contributed by atoms with Crippen molar-refractivity contribution in [3.63, 3.8) is 0 Å². The number of nitrogens with one attached hydrogen (secondary N) is 2. The highest BCUT2D eigenvalue weighted by Gasteiger charge is 2.28. The fourth-order valence-corrected chi connectivity index (χ4v) is 5.07. The molecule has 2 aliphatic rings. The lowest BCUT2D eigenvalue weighted by molar-refractivity contribution is -0.143. The van der Waals surface area contributed by atoms with E-state index in [0.29, 0.717) is 18.2 Å². The van der Waals surface area contributed by atoms with Gasteiger partial charge in [0.2, 0.25) is 5.95 Å². The fraction of sp³-hybridized carbons (Fsp3) is 0.462. The summed E-state index contributed by atoms with van der Waals surface area (Å²) in [6, 6.07) is 8.99. The Hall–Kier alpha value is -3.04. The van der Waals surface area contributed by atoms with E-state index in [0.717, 1.165) is 41.8 Å². The molecule has 0 saturated heterocycles. The highest BCUT2D eigenvalue weighted by molar-refractivity contribution is 7.98. The number of aliphatic hydroxyl groups is 1. The van der Waals surface area contributed by atoms with Gasteiger partial charge in [-0.15, -0.1) is 0 Å². The molecule has 0 radical (unpaired) electrons. The van der Waals surface area contributed by atoms with Crippen LogP contribution in [0.15, 0.2) is 48.8 Å². The second-order valence-electron chi connectivity index (χ2n) is 9.93. The Labute approximate surface area is 247 Å². The molecule has 1 fully saturated rings. The average Bonchev–Trinajstić information content (AvgIpc) is 3.46. The van der Waals surface area contributed by atoms with E-state index in [9.17, 15) is 14.5 Å². The van der Waals surface area contributed by atoms with Crippen molar-refractivity contribution in [3.8, 4) is 0 Å². The van der Waals surface area contributed by atoms with Crippen molar-refractivity contribution in [2.24, 2.45) is 5.92 Å². The molecule has 5 rings (SSSR count). The molecule has 0 amide bonds. The first-order chi connectivity index (χ1) is 20.2. The third kappa shape index (κ3) is 9.49. The number of nitrogens with two attached hydrogens (primary N) is 1. The quantitative estimate of drug-likeness (QED) is 0.0922. The average molecular weight is 622 g/mol. The summed E-state index contributed by atoms with van der Waals surface area (Å²) >= 11 is 1.50. The summed E-state index contributed by atoms with van der Waals surface area (Å²) in [7, 11) is -4.85. The van der Waals surface area contributed by atoms with Crippen LogP contribution in [-0.2, 0) is 25.3 Å². The number of hydrogen-bond donors (Lipinski definition) is 6. The van der Waals surface area contributed by atoms with Crippen molar-refractivity contribution in [2.45, 2.75) is 50.4 Å². The Morgan fingerprint density at radius 3 is 2.64 bits per heavy atom. The van der Waals surface area contributed by atoms with Crippen molar-refractivity contribution in [2.75, 3.05) is 29.7 Å². The number of phosphoric ester groups is 1. The summed E-state index contributed by atoms with van der Waals surface area (Å²) in [6.45, 7) is 0.394. The van der Waals surface area contributed by atoms with Gasteiger partial charge in [-0.3, -0.25) is 14.6 Å². The topological polar surface area (TPSA) is 207 Å². The van der Waals surface area contributed by atoms with Gasteiger partial charge in [-0.05, 0) is 43.3 Å². The molecular weight excluding hydrogens is 585 g/mol. The molecule has 1 aromatic carbocycles. The number of nitrogens with zero attached hydrogens (tertiary/aromatic N) is 4. The molecule has 2 aliphatic carbocycles. The van der Waals surface area contributed by atoms with Crippen molar-refractivity contribution in [3.05, 3.63) is 54.4 Å². The van der Waals surface area contributed by atoms with E-state index in [1.165, 1.54) is 11.8 Å². The summed E-state index contributed by atoms with van der Waals surface area (Å²) in [6.07, 6.45) is 11.3. The number of fused-ring (bicyclic) bond motifs is 1. The van der Waals surface area contributed by atoms with Crippen LogP contribution in [-0.4, -0.2) is 71.1 Å². The number of thioether (sulfide) groups is 1. The lowest BCUT2D eigenvalue weighted by Crippen LogP contribution is -2.38. The monoisotopic (exact) mass is 621 g/mol. The van der Waals surface area contributed by atoms with E-state index in [-0.39, 0.29) is 31.1 Å². The zero-order valence-electron chi connectivity index (χ0n) is 23.1. The Kier molecular flexibility index (Phi) is 11.3. The molecule has 14 nitrogen and oxygen atoms in total. The van der Waals surface area contributed by atoms with Gasteiger partial charge in [-0.2, -0.15) is 27.2 Å². The standard InChI is InChI=1S/C14H18N6O.C12H18NO6PS/c15-14-18-12(17-9-2-3-9)11-13(19-14)20(7-16-11)10-4-1-8(5-10)6-21;1-21-8-7-11(12(14)19-20(15,16)17)13-18-9-10-5-3-2-4-6-10/h1,4,7-10,21H,2-3,5-6H2,(H3,15,17,18,19);2-6,11,13H,7-9H2,1H3,(H2,15,16,17)/t8-,10+;11-/m10/s1. The minimum absolute atomic E-state index is 0.162. The SMILES string of the molecule is CSCC[C@H](NOCc1ccccc1)C(=O)OP(=O)(O)O.Nc1nc(NC2CC2)c2ncn([C@H]3C=C[C@@H](CO)C3)c2n1. The van der Waals surface area contributed by atoms with Crippen LogP contribution < -0.4 is 16.5 Å². The molecule has 0 aliphatic heterocycles. The number of aliphatic hydroxyl groups excluding tert-OH is 1. The van der Waals surface area contributed by atoms with Crippen molar-refractivity contribution in [1.29, 1.82) is 0 Å². The van der Waals surface area contributed by atoms with Crippen LogP contribution in [0, 0.1) is 5.92 Å². The number of anilines is 2. The number of aromatic nitrogens is 4. The molecule has 0 bridgehead atoms. The van der Waals surface area contributed by atoms with E-state index >= 15 is 0 Å². The predicted octanol–water partition coefficient (Wildman–Crippen LogP) is 2.56. The molecular formula is C26H36N7O7PS. The van der Waals surface area contributed by atoms with Crippen molar-refractivity contribution < 1.29 is 33.6 Å². The zero-order valence-corrected chi connectivity index (χ0v) is 24.8. The Balaban J connectivity index is 0.000000193. The molecule has 7 N–H and O–H groups in total. The predicted molar refractivity (Wildman–Crippen MR) is 159 cm³/mol. The van der Waals surface area contributed by atoms with Gasteiger partial charge in [0.1, 0.15) is 6.04 Å². The maximum Gasteiger partial charge on any atom is 0.527 e. The molecule has 3 atom stereocenters. The van der Waals surface area contributed by atoms with Crippen LogP contribution in [0.25, 0.3) is 11.2 Å². The van der Waals surface area contributed by atoms with Gasteiger partial charge in [0.15, 0.2) is 17.0 Å². The molecule has 16 heteroatoms. The number of carbonyl (C=O) groups is 1. The van der Waals surface area contributed by atoms with Gasteiger partial charge in [-0.1, -0.05) is 42.5 Å². The summed E-state index contributed by atoms with van der Waals surface area (Å²) in [5, 5.41) is 12.6. The third-order valence-electron chi connectivity index (χ3n) is 6.51. The van der Waals surface area contributed by atoms with E-state index < -0.39 is 19.8 Å². The molecule has 0 unspecified atom stereocenters. The molecule has 0 spiro atoms. The Morgan fingerprint density at radius 2 is 2.00 bits per heavy atom. The van der Waals surface area contributed by atoms with Gasteiger partial charge in [-0.25, -0.2) is 14.3 Å². The first kappa shape index (κ1) is 31.9. The van der Waals surface area contributed by atoms with Crippen molar-refractivity contribution in [1.82, 2.24) is 25.0 Å². The largest absolute Gasteiger partial charge is 0.527 e. The summed E-state index contributed by atoms with van der Waals surface area (Å²) < 4.78 is 16.8. The third-order valence-corrected chi connectivity index (χ3v) is 7.57. The van der Waals surface area contributed by atoms with E-state index in [4.69, 9.17) is 20.4 Å². The molecule has 3 aromatic rings. The van der Waals surface area contributed by atoms with E-state index in [2.05, 4.69) is 36.3 Å². The fourth-order valence-electron chi connectivity index (χ4n) is 4.23. The summed E-state index contributed by atoms with van der Waals surface area (Å²) in [5.74, 6) is 0.761. The van der Waals surface area contributed by atoms with Gasteiger partial charge >= 0.3 is 13.8 Å². The van der Waals surface area contributed by atoms with Crippen LogP contribution in [0.4, 0.5) is 11.8 Å². The number of hydroxylamine groups is 1. The number of allylic oxidation sites excluding steroid dienone is 1. The normalized spacial score (nSPS) is 18.9. The van der Waals surface area contributed by atoms with Crippen LogP contribution in [0.1, 0.15) is 37.3 Å². The Morgan fingerprint density at radius 1 is 1.24 bits per heavy atom. The maximum atomic E-state index is 11.6. The van der Waals surface area contributed by atoms with Crippen LogP contribution in [0.2, 0.25) is 0 Å². The number of nitrogen functional groups attached to an aromatic ring is 1. The molecule has 2 aromatic heterocycles. The van der Waals surface area contributed by atoms with Crippen LogP contribution >= 0.6 is 19.6 Å². The Bertz CT molecular complexity index is 1400. The number of rotatable bonds is 13. The summed E-state index contributed by atoms with van der Waals surface area (Å²) in [5.41, 5.74) is 10.7. The first-order valence-corrected chi connectivity index (χ1v) is 16.3. The highest BCUT2D eigenvalue weighted by atomic mass is 32.2. The van der Waals surface area contributed by atoms with E-state index in [1.54, 1.807) is 6.33 Å². The zero-order chi connectivity index (χ0) is 30.1. The molecule has 42 heavy (non-hydrogen) atoms. The number of benzene rings is 1. The van der Waals surface area contributed by atoms with Gasteiger partial charge in [0.05, 0.1) is 19.0 Å². The van der Waals surface area contributed by atoms with E-state index in [1.807, 2.05) is 47.2 Å². The number of phosphoric acid groups is 1. The van der Waals surface area contributed by atoms with Gasteiger partial charge in [0, 0.05) is 18.6 Å². The first-order valence-electron chi connectivity index (χ1n) is 13.4. The number of imidazole rings is 1. The summed E-state index contributed by atoms with van der Waals surface area (Å²) in [4.78, 5) is 47.2. The molecule has 1 saturated carbocycles. The van der Waals surface area contributed by atoms with Crippen LogP contribution in [0.5, 0.6) is 0 Å². The molecule has 228 valence electrons. The van der Waals surface area contributed by atoms with Crippen LogP contribution in [0.3, 0.4) is 0 Å². The molecule has 2 heterocycles.